The summed E-state index contributed by atoms with van der Waals surface area (Å²) in [6, 6.07) is 31.0. The third kappa shape index (κ3) is 3.77. The Morgan fingerprint density at radius 1 is 0.522 bits per heavy atom. The summed E-state index contributed by atoms with van der Waals surface area (Å²) in [6.45, 7) is 7.20. The quantitative estimate of drug-likeness (QED) is 0.447. The summed E-state index contributed by atoms with van der Waals surface area (Å²) in [4.78, 5) is 4.14. The van der Waals surface area contributed by atoms with Crippen LogP contribution in [0.25, 0.3) is 0 Å². The molecule has 0 heterocycles. The third-order valence-corrected chi connectivity index (χ3v) is 8.21. The lowest BCUT2D eigenvalue weighted by molar-refractivity contribution is 1.32. The Bertz CT molecular complexity index is 704. The predicted molar refractivity (Wildman–Crippen MR) is 104 cm³/mol. The average molecular weight is 336 g/mol. The SMILES string of the molecule is C[Si](C)(C)c1ccc([S+](c2ccccc2)c2ccccc2)cc1. The van der Waals surface area contributed by atoms with Crippen LogP contribution in [0, 0.1) is 0 Å². The molecule has 0 aliphatic heterocycles. The van der Waals surface area contributed by atoms with Gasteiger partial charge < -0.3 is 0 Å². The Hall–Kier alpha value is -1.77. The minimum atomic E-state index is -1.25. The Kier molecular flexibility index (Phi) is 4.74. The molecule has 0 spiro atoms. The summed E-state index contributed by atoms with van der Waals surface area (Å²) in [5.41, 5.74) is 0. The molecule has 0 N–H and O–H groups in total. The Labute approximate surface area is 143 Å². The molecular weight excluding hydrogens is 312 g/mol. The van der Waals surface area contributed by atoms with E-state index in [0.29, 0.717) is 0 Å². The van der Waals surface area contributed by atoms with Crippen molar-refractivity contribution in [3.63, 3.8) is 0 Å². The standard InChI is InChI=1S/C21H23SSi/c1-23(2,3)21-16-14-20(15-17-21)22(18-10-6-4-7-11-18)19-12-8-5-9-13-19/h4-17H,1-3H3/q+1. The molecule has 3 aromatic carbocycles. The first-order valence-corrected chi connectivity index (χ1v) is 12.7. The van der Waals surface area contributed by atoms with E-state index in [1.165, 1.54) is 19.9 Å². The fourth-order valence-electron chi connectivity index (χ4n) is 2.61. The molecule has 2 heteroatoms. The fraction of sp³-hybridized carbons (Fsp3) is 0.143. The third-order valence-electron chi connectivity index (χ3n) is 3.91. The van der Waals surface area contributed by atoms with Crippen molar-refractivity contribution in [2.45, 2.75) is 34.3 Å². The van der Waals surface area contributed by atoms with Gasteiger partial charge in [0.05, 0.1) is 19.0 Å². The van der Waals surface area contributed by atoms with Gasteiger partial charge in [-0.3, -0.25) is 0 Å². The van der Waals surface area contributed by atoms with Gasteiger partial charge in [-0.2, -0.15) is 0 Å². The maximum Gasteiger partial charge on any atom is 0.166 e. The highest BCUT2D eigenvalue weighted by Gasteiger charge is 2.28. The van der Waals surface area contributed by atoms with Gasteiger partial charge >= 0.3 is 0 Å². The monoisotopic (exact) mass is 335 g/mol. The molecule has 0 atom stereocenters. The van der Waals surface area contributed by atoms with Crippen molar-refractivity contribution in [1.29, 1.82) is 0 Å². The van der Waals surface area contributed by atoms with E-state index in [-0.39, 0.29) is 10.9 Å². The van der Waals surface area contributed by atoms with E-state index in [2.05, 4.69) is 105 Å². The van der Waals surface area contributed by atoms with Crippen LogP contribution in [0.4, 0.5) is 0 Å². The molecular formula is C21H23SSi+. The molecule has 3 aromatic rings. The van der Waals surface area contributed by atoms with Crippen molar-refractivity contribution >= 4 is 24.2 Å². The van der Waals surface area contributed by atoms with Crippen LogP contribution in [0.2, 0.25) is 19.6 Å². The van der Waals surface area contributed by atoms with E-state index >= 15 is 0 Å². The largest absolute Gasteiger partial charge is 0.166 e. The van der Waals surface area contributed by atoms with E-state index in [1.807, 2.05) is 0 Å². The predicted octanol–water partition coefficient (Wildman–Crippen LogP) is 5.33. The van der Waals surface area contributed by atoms with Crippen LogP contribution >= 0.6 is 0 Å². The van der Waals surface area contributed by atoms with E-state index in [4.69, 9.17) is 0 Å². The molecule has 0 radical (unpaired) electrons. The molecule has 0 fully saturated rings. The van der Waals surface area contributed by atoms with Crippen molar-refractivity contribution in [1.82, 2.24) is 0 Å². The molecule has 116 valence electrons. The molecule has 23 heavy (non-hydrogen) atoms. The van der Waals surface area contributed by atoms with Crippen molar-refractivity contribution in [2.75, 3.05) is 0 Å². The number of hydrogen-bond acceptors (Lipinski definition) is 0. The minimum absolute atomic E-state index is 0.0343. The van der Waals surface area contributed by atoms with Crippen molar-refractivity contribution < 1.29 is 0 Å². The smallest absolute Gasteiger partial charge is 0.0656 e. The maximum absolute atomic E-state index is 2.40. The Morgan fingerprint density at radius 2 is 0.913 bits per heavy atom. The van der Waals surface area contributed by atoms with Gasteiger partial charge in [-0.15, -0.1) is 0 Å². The van der Waals surface area contributed by atoms with Gasteiger partial charge in [0.1, 0.15) is 0 Å². The first-order chi connectivity index (χ1) is 11.1. The number of hydrogen-bond donors (Lipinski definition) is 0. The van der Waals surface area contributed by atoms with E-state index in [9.17, 15) is 0 Å². The second kappa shape index (κ2) is 6.77. The summed E-state index contributed by atoms with van der Waals surface area (Å²) in [6.07, 6.45) is 0. The lowest BCUT2D eigenvalue weighted by Crippen LogP contribution is -2.37. The molecule has 0 unspecified atom stereocenters. The van der Waals surface area contributed by atoms with Crippen LogP contribution in [-0.2, 0) is 10.9 Å². The van der Waals surface area contributed by atoms with Crippen molar-refractivity contribution in [2.24, 2.45) is 0 Å². The topological polar surface area (TPSA) is 0 Å². The van der Waals surface area contributed by atoms with Crippen LogP contribution < -0.4 is 5.19 Å². The number of rotatable bonds is 4. The second-order valence-electron chi connectivity index (χ2n) is 6.71. The van der Waals surface area contributed by atoms with Crippen molar-refractivity contribution in [3.8, 4) is 0 Å². The summed E-state index contributed by atoms with van der Waals surface area (Å²) < 4.78 is 0. The normalized spacial score (nSPS) is 11.7. The fourth-order valence-corrected chi connectivity index (χ4v) is 5.86. The van der Waals surface area contributed by atoms with E-state index in [1.54, 1.807) is 0 Å². The Morgan fingerprint density at radius 3 is 1.30 bits per heavy atom. The van der Waals surface area contributed by atoms with E-state index in [0.717, 1.165) is 0 Å². The van der Waals surface area contributed by atoms with Gasteiger partial charge in [0, 0.05) is 0 Å². The molecule has 0 aliphatic carbocycles. The first kappa shape index (κ1) is 16.1. The van der Waals surface area contributed by atoms with Crippen LogP contribution in [-0.4, -0.2) is 8.07 Å². The van der Waals surface area contributed by atoms with Gasteiger partial charge in [0.15, 0.2) is 14.7 Å². The lowest BCUT2D eigenvalue weighted by atomic mass is 10.3. The van der Waals surface area contributed by atoms with Gasteiger partial charge in [0.2, 0.25) is 0 Å². The summed E-state index contributed by atoms with van der Waals surface area (Å²) in [5.74, 6) is 0. The molecule has 0 saturated carbocycles. The van der Waals surface area contributed by atoms with E-state index < -0.39 is 8.07 Å². The highest BCUT2D eigenvalue weighted by molar-refractivity contribution is 7.97. The molecule has 0 aliphatic rings. The van der Waals surface area contributed by atoms with Gasteiger partial charge in [-0.1, -0.05) is 73.4 Å². The molecule has 0 amide bonds. The summed E-state index contributed by atoms with van der Waals surface area (Å²) in [7, 11) is -1.28. The molecule has 0 nitrogen and oxygen atoms in total. The molecule has 3 rings (SSSR count). The van der Waals surface area contributed by atoms with Crippen LogP contribution in [0.3, 0.4) is 0 Å². The highest BCUT2D eigenvalue weighted by atomic mass is 32.2. The molecule has 0 saturated heterocycles. The second-order valence-corrected chi connectivity index (χ2v) is 13.8. The number of benzene rings is 3. The van der Waals surface area contributed by atoms with Gasteiger partial charge in [0.25, 0.3) is 0 Å². The van der Waals surface area contributed by atoms with Crippen LogP contribution in [0.15, 0.2) is 99.6 Å². The molecule has 0 aromatic heterocycles. The van der Waals surface area contributed by atoms with Crippen LogP contribution in [0.1, 0.15) is 0 Å². The Balaban J connectivity index is 2.06. The highest BCUT2D eigenvalue weighted by Crippen LogP contribution is 2.30. The lowest BCUT2D eigenvalue weighted by Gasteiger charge is -2.16. The summed E-state index contributed by atoms with van der Waals surface area (Å²) in [5, 5.41) is 1.52. The van der Waals surface area contributed by atoms with Gasteiger partial charge in [-0.25, -0.2) is 0 Å². The zero-order valence-corrected chi connectivity index (χ0v) is 15.8. The first-order valence-electron chi connectivity index (χ1n) is 8.01. The van der Waals surface area contributed by atoms with Gasteiger partial charge in [-0.05, 0) is 36.4 Å². The minimum Gasteiger partial charge on any atom is -0.0656 e. The summed E-state index contributed by atoms with van der Waals surface area (Å²) >= 11 is 0. The zero-order valence-electron chi connectivity index (χ0n) is 14.0. The van der Waals surface area contributed by atoms with Crippen LogP contribution in [0.5, 0.6) is 0 Å². The van der Waals surface area contributed by atoms with Crippen molar-refractivity contribution in [3.05, 3.63) is 84.9 Å². The molecule has 0 bridgehead atoms. The zero-order chi connectivity index (χ0) is 16.3. The maximum atomic E-state index is 2.40. The average Bonchev–Trinajstić information content (AvgIpc) is 2.57.